The molecule has 1 aromatic rings. The van der Waals surface area contributed by atoms with Crippen LogP contribution in [0, 0.1) is 0 Å². The maximum absolute atomic E-state index is 12.0. The first-order valence-electron chi connectivity index (χ1n) is 5.23. The Morgan fingerprint density at radius 1 is 1.44 bits per heavy atom. The van der Waals surface area contributed by atoms with E-state index in [0.29, 0.717) is 21.9 Å². The Kier molecular flexibility index (Phi) is 4.34. The summed E-state index contributed by atoms with van der Waals surface area (Å²) in [6.07, 6.45) is 2.33. The van der Waals surface area contributed by atoms with Crippen molar-refractivity contribution < 1.29 is 14.0 Å². The number of amides is 2. The Hall–Kier alpha value is -0.530. The molecule has 0 aliphatic carbocycles. The summed E-state index contributed by atoms with van der Waals surface area (Å²) in [5.74, 6) is 0.270. The number of furan rings is 1. The van der Waals surface area contributed by atoms with Crippen LogP contribution in [0.1, 0.15) is 19.1 Å². The van der Waals surface area contributed by atoms with Crippen LogP contribution in [0.5, 0.6) is 0 Å². The predicted molar refractivity (Wildman–Crippen MR) is 77.1 cm³/mol. The molecule has 1 aromatic heterocycles. The van der Waals surface area contributed by atoms with Crippen molar-refractivity contribution in [1.82, 2.24) is 4.90 Å². The van der Waals surface area contributed by atoms with Gasteiger partial charge in [0.25, 0.3) is 11.1 Å². The van der Waals surface area contributed by atoms with Gasteiger partial charge in [0.1, 0.15) is 5.76 Å². The Labute approximate surface area is 125 Å². The molecule has 0 atom stereocenters. The van der Waals surface area contributed by atoms with E-state index in [1.54, 1.807) is 12.1 Å². The predicted octanol–water partition coefficient (Wildman–Crippen LogP) is 4.25. The summed E-state index contributed by atoms with van der Waals surface area (Å²) in [4.78, 5) is 25.2. The summed E-state index contributed by atoms with van der Waals surface area (Å²) in [7, 11) is 0. The number of imide groups is 1. The van der Waals surface area contributed by atoms with Crippen molar-refractivity contribution in [2.45, 2.75) is 13.3 Å². The number of hydrogen-bond acceptors (Lipinski definition) is 4. The van der Waals surface area contributed by atoms with Crippen LogP contribution in [0.2, 0.25) is 0 Å². The van der Waals surface area contributed by atoms with Gasteiger partial charge in [-0.05, 0) is 56.1 Å². The summed E-state index contributed by atoms with van der Waals surface area (Å²) in [5, 5.41) is -0.224. The lowest BCUT2D eigenvalue weighted by Crippen LogP contribution is -2.28. The minimum atomic E-state index is -0.254. The maximum atomic E-state index is 12.0. The van der Waals surface area contributed by atoms with E-state index < -0.39 is 0 Å². The molecule has 1 aliphatic rings. The van der Waals surface area contributed by atoms with Crippen LogP contribution < -0.4 is 0 Å². The molecule has 2 rings (SSSR count). The van der Waals surface area contributed by atoms with E-state index in [9.17, 15) is 9.59 Å². The number of nitrogens with zero attached hydrogens (tertiary/aromatic N) is 1. The van der Waals surface area contributed by atoms with Gasteiger partial charge < -0.3 is 4.42 Å². The monoisotopic (exact) mass is 393 g/mol. The Bertz CT molecular complexity index is 519. The van der Waals surface area contributed by atoms with Gasteiger partial charge in [0.05, 0.1) is 9.38 Å². The van der Waals surface area contributed by atoms with Crippen LogP contribution >= 0.6 is 43.6 Å². The Balaban J connectivity index is 2.24. The van der Waals surface area contributed by atoms with Gasteiger partial charge in [-0.1, -0.05) is 6.92 Å². The molecule has 1 aliphatic heterocycles. The molecule has 18 heavy (non-hydrogen) atoms. The van der Waals surface area contributed by atoms with Gasteiger partial charge >= 0.3 is 0 Å². The first kappa shape index (κ1) is 13.9. The van der Waals surface area contributed by atoms with Crippen molar-refractivity contribution in [3.05, 3.63) is 25.9 Å². The maximum Gasteiger partial charge on any atom is 0.293 e. The highest BCUT2D eigenvalue weighted by Gasteiger charge is 2.34. The van der Waals surface area contributed by atoms with E-state index in [2.05, 4.69) is 31.9 Å². The molecule has 2 amide bonds. The molecule has 1 saturated heterocycles. The number of hydrogen-bond donors (Lipinski definition) is 0. The summed E-state index contributed by atoms with van der Waals surface area (Å²) in [5.41, 5.74) is 0. The second-order valence-electron chi connectivity index (χ2n) is 3.60. The summed E-state index contributed by atoms with van der Waals surface area (Å²) in [6.45, 7) is 2.38. The van der Waals surface area contributed by atoms with E-state index in [-0.39, 0.29) is 11.1 Å². The quantitative estimate of drug-likeness (QED) is 0.719. The molecule has 0 radical (unpaired) electrons. The molecular weight excluding hydrogens is 386 g/mol. The minimum Gasteiger partial charge on any atom is -0.449 e. The number of carbonyl (C=O) groups is 2. The second kappa shape index (κ2) is 5.63. The Morgan fingerprint density at radius 3 is 2.72 bits per heavy atom. The van der Waals surface area contributed by atoms with Gasteiger partial charge in [-0.3, -0.25) is 14.5 Å². The number of rotatable bonds is 3. The lowest BCUT2D eigenvalue weighted by atomic mass is 10.3. The fourth-order valence-corrected chi connectivity index (χ4v) is 2.93. The van der Waals surface area contributed by atoms with Gasteiger partial charge in [0.15, 0.2) is 4.67 Å². The second-order valence-corrected chi connectivity index (χ2v) is 6.17. The van der Waals surface area contributed by atoms with Crippen molar-refractivity contribution in [2.24, 2.45) is 0 Å². The SMILES string of the molecule is CCCN1C(=O)S/C(=C\c2cc(Br)c(Br)o2)C1=O. The van der Waals surface area contributed by atoms with Crippen molar-refractivity contribution >= 4 is 60.8 Å². The number of halogens is 2. The molecular formula is C11H9Br2NO3S. The molecule has 0 saturated carbocycles. The van der Waals surface area contributed by atoms with Crippen LogP contribution in [0.25, 0.3) is 6.08 Å². The molecule has 0 N–H and O–H groups in total. The molecule has 4 nitrogen and oxygen atoms in total. The van der Waals surface area contributed by atoms with E-state index >= 15 is 0 Å². The highest BCUT2D eigenvalue weighted by atomic mass is 79.9. The lowest BCUT2D eigenvalue weighted by molar-refractivity contribution is -0.122. The fourth-order valence-electron chi connectivity index (χ4n) is 1.48. The van der Waals surface area contributed by atoms with Crippen LogP contribution in [-0.4, -0.2) is 22.6 Å². The zero-order chi connectivity index (χ0) is 13.3. The zero-order valence-corrected chi connectivity index (χ0v) is 13.4. The van der Waals surface area contributed by atoms with E-state index in [4.69, 9.17) is 4.42 Å². The Morgan fingerprint density at radius 2 is 2.17 bits per heavy atom. The molecule has 7 heteroatoms. The van der Waals surface area contributed by atoms with Gasteiger partial charge in [-0.15, -0.1) is 0 Å². The smallest absolute Gasteiger partial charge is 0.293 e. The average Bonchev–Trinajstić information content (AvgIpc) is 2.75. The van der Waals surface area contributed by atoms with E-state index in [1.807, 2.05) is 6.92 Å². The van der Waals surface area contributed by atoms with Crippen LogP contribution in [-0.2, 0) is 4.79 Å². The normalized spacial score (nSPS) is 18.2. The van der Waals surface area contributed by atoms with Gasteiger partial charge in [0, 0.05) is 12.6 Å². The van der Waals surface area contributed by atoms with E-state index in [1.165, 1.54) is 4.90 Å². The first-order chi connectivity index (χ1) is 8.52. The van der Waals surface area contributed by atoms with Gasteiger partial charge in [-0.2, -0.15) is 0 Å². The van der Waals surface area contributed by atoms with Crippen molar-refractivity contribution in [1.29, 1.82) is 0 Å². The van der Waals surface area contributed by atoms with Crippen LogP contribution in [0.3, 0.4) is 0 Å². The van der Waals surface area contributed by atoms with Crippen LogP contribution in [0.15, 0.2) is 24.5 Å². The van der Waals surface area contributed by atoms with Gasteiger partial charge in [0.2, 0.25) is 0 Å². The molecule has 0 aromatic carbocycles. The average molecular weight is 395 g/mol. The van der Waals surface area contributed by atoms with E-state index in [0.717, 1.165) is 22.7 Å². The summed E-state index contributed by atoms with van der Waals surface area (Å²) < 4.78 is 6.68. The molecule has 96 valence electrons. The standard InChI is InChI=1S/C11H9Br2NO3S/c1-2-3-14-10(15)8(18-11(14)16)5-6-4-7(12)9(13)17-6/h4-5H,2-3H2,1H3/b8-5-. The summed E-state index contributed by atoms with van der Waals surface area (Å²) in [6, 6.07) is 1.73. The van der Waals surface area contributed by atoms with Crippen molar-refractivity contribution in [3.63, 3.8) is 0 Å². The molecule has 0 unspecified atom stereocenters. The van der Waals surface area contributed by atoms with Crippen molar-refractivity contribution in [3.8, 4) is 0 Å². The largest absolute Gasteiger partial charge is 0.449 e. The van der Waals surface area contributed by atoms with Crippen molar-refractivity contribution in [2.75, 3.05) is 6.54 Å². The molecule has 1 fully saturated rings. The third-order valence-corrected chi connectivity index (χ3v) is 4.88. The minimum absolute atomic E-state index is 0.224. The van der Waals surface area contributed by atoms with Gasteiger partial charge in [-0.25, -0.2) is 0 Å². The highest BCUT2D eigenvalue weighted by molar-refractivity contribution is 9.13. The zero-order valence-electron chi connectivity index (χ0n) is 9.41. The fraction of sp³-hybridized carbons (Fsp3) is 0.273. The number of thioether (sulfide) groups is 1. The lowest BCUT2D eigenvalue weighted by Gasteiger charge is -2.09. The molecule has 0 bridgehead atoms. The molecule has 2 heterocycles. The third-order valence-electron chi connectivity index (χ3n) is 2.26. The summed E-state index contributed by atoms with van der Waals surface area (Å²) >= 11 is 7.45. The molecule has 0 spiro atoms. The third kappa shape index (κ3) is 2.73. The first-order valence-corrected chi connectivity index (χ1v) is 7.63. The highest BCUT2D eigenvalue weighted by Crippen LogP contribution is 2.34. The topological polar surface area (TPSA) is 50.5 Å². The van der Waals surface area contributed by atoms with Crippen LogP contribution in [0.4, 0.5) is 4.79 Å². The number of carbonyl (C=O) groups excluding carboxylic acids is 2.